The van der Waals surface area contributed by atoms with Crippen LogP contribution in [0.15, 0.2) is 78.9 Å². The molecular weight excluding hydrogens is 499 g/mol. The van der Waals surface area contributed by atoms with Crippen molar-refractivity contribution in [1.29, 1.82) is 0 Å². The summed E-state index contributed by atoms with van der Waals surface area (Å²) in [5, 5.41) is 9.68. The molecule has 38 heavy (non-hydrogen) atoms. The van der Waals surface area contributed by atoms with Gasteiger partial charge in [0.2, 0.25) is 14.8 Å². The first kappa shape index (κ1) is 26.3. The number of para-hydroxylation sites is 2. The second-order valence-corrected chi connectivity index (χ2v) is 14.5. The molecule has 2 aliphatic heterocycles. The third kappa shape index (κ3) is 4.26. The maximum atomic E-state index is 15.6. The number of ether oxygens (including phenoxy) is 1. The fourth-order valence-corrected chi connectivity index (χ4v) is 8.90. The Bertz CT molecular complexity index is 1310. The minimum absolute atomic E-state index is 0.124. The predicted molar refractivity (Wildman–Crippen MR) is 148 cm³/mol. The standard InChI is InChI=1S/C30H33FN2O4Si/c1-21-28(38(2,3)31)27(17-18-34)37-30(21)25-11-7-8-12-26(25)32(29(30)36)19-22-13-15-24(16-14-22)33(20-35)23-9-5-4-6-10-23/h4-16,20-21,27-28,34H,17-19H2,1-3H3/t21-,27+,28-,30+/m1/s1. The molecule has 8 heteroatoms. The SMILES string of the molecule is C[C@@H]1[C@@H]([Si](C)(C)F)[C@H](CCO)O[C@@]12C(=O)N(Cc1ccc(N(C=O)c3ccccc3)cc1)c1ccccc12. The highest BCUT2D eigenvalue weighted by molar-refractivity contribution is 6.72. The summed E-state index contributed by atoms with van der Waals surface area (Å²) in [5.41, 5.74) is 2.19. The average molecular weight is 533 g/mol. The molecule has 1 saturated heterocycles. The van der Waals surface area contributed by atoms with Crippen LogP contribution in [0.3, 0.4) is 0 Å². The minimum atomic E-state index is -3.22. The van der Waals surface area contributed by atoms with Gasteiger partial charge >= 0.3 is 0 Å². The Kier molecular flexibility index (Phi) is 6.98. The first-order chi connectivity index (χ1) is 18.2. The average Bonchev–Trinajstić information content (AvgIpc) is 3.33. The summed E-state index contributed by atoms with van der Waals surface area (Å²) in [6, 6.07) is 24.5. The van der Waals surface area contributed by atoms with Crippen molar-refractivity contribution in [3.8, 4) is 0 Å². The third-order valence-electron chi connectivity index (χ3n) is 7.98. The van der Waals surface area contributed by atoms with Gasteiger partial charge in [-0.25, -0.2) is 0 Å². The molecule has 0 aliphatic carbocycles. The Morgan fingerprint density at radius 3 is 2.29 bits per heavy atom. The summed E-state index contributed by atoms with van der Waals surface area (Å²) >= 11 is 0. The molecule has 5 rings (SSSR count). The van der Waals surface area contributed by atoms with E-state index in [0.717, 1.165) is 34.6 Å². The van der Waals surface area contributed by atoms with Crippen molar-refractivity contribution < 1.29 is 23.5 Å². The summed E-state index contributed by atoms with van der Waals surface area (Å²) in [6.45, 7) is 5.42. The number of benzene rings is 3. The number of anilines is 3. The van der Waals surface area contributed by atoms with Crippen LogP contribution in [-0.4, -0.2) is 38.5 Å². The summed E-state index contributed by atoms with van der Waals surface area (Å²) < 4.78 is 22.1. The lowest BCUT2D eigenvalue weighted by molar-refractivity contribution is -0.146. The van der Waals surface area contributed by atoms with Gasteiger partial charge in [-0.3, -0.25) is 14.5 Å². The van der Waals surface area contributed by atoms with Gasteiger partial charge in [0, 0.05) is 35.0 Å². The van der Waals surface area contributed by atoms with Crippen LogP contribution in [0.25, 0.3) is 0 Å². The van der Waals surface area contributed by atoms with Gasteiger partial charge in [0.25, 0.3) is 5.91 Å². The molecule has 6 nitrogen and oxygen atoms in total. The molecule has 3 aromatic carbocycles. The van der Waals surface area contributed by atoms with Gasteiger partial charge in [-0.15, -0.1) is 0 Å². The number of amides is 2. The highest BCUT2D eigenvalue weighted by Gasteiger charge is 2.66. The Morgan fingerprint density at radius 1 is 1.03 bits per heavy atom. The second kappa shape index (κ2) is 10.1. The summed E-state index contributed by atoms with van der Waals surface area (Å²) in [7, 11) is -3.22. The van der Waals surface area contributed by atoms with E-state index in [1.807, 2.05) is 85.8 Å². The van der Waals surface area contributed by atoms with Crippen molar-refractivity contribution >= 4 is 37.8 Å². The fourth-order valence-electron chi connectivity index (χ4n) is 6.36. The highest BCUT2D eigenvalue weighted by Crippen LogP contribution is 2.60. The van der Waals surface area contributed by atoms with E-state index in [1.54, 1.807) is 22.9 Å². The van der Waals surface area contributed by atoms with Crippen molar-refractivity contribution in [2.24, 2.45) is 5.92 Å². The molecule has 0 unspecified atom stereocenters. The molecule has 2 aliphatic rings. The molecule has 4 atom stereocenters. The molecule has 3 aromatic rings. The molecule has 0 aromatic heterocycles. The lowest BCUT2D eigenvalue weighted by atomic mass is 9.82. The maximum Gasteiger partial charge on any atom is 0.264 e. The van der Waals surface area contributed by atoms with E-state index in [9.17, 15) is 14.7 Å². The Hall–Kier alpha value is -3.33. The van der Waals surface area contributed by atoms with Crippen LogP contribution in [-0.2, 0) is 26.5 Å². The first-order valence-corrected chi connectivity index (χ1v) is 16.0. The van der Waals surface area contributed by atoms with Crippen LogP contribution in [0.2, 0.25) is 18.6 Å². The zero-order chi connectivity index (χ0) is 27.1. The zero-order valence-corrected chi connectivity index (χ0v) is 22.9. The highest BCUT2D eigenvalue weighted by atomic mass is 28.4. The van der Waals surface area contributed by atoms with Crippen molar-refractivity contribution in [3.63, 3.8) is 0 Å². The van der Waals surface area contributed by atoms with Crippen LogP contribution >= 0.6 is 0 Å². The van der Waals surface area contributed by atoms with Crippen molar-refractivity contribution in [3.05, 3.63) is 90.0 Å². The van der Waals surface area contributed by atoms with Gasteiger partial charge < -0.3 is 18.9 Å². The number of aliphatic hydroxyl groups excluding tert-OH is 1. The van der Waals surface area contributed by atoms with Gasteiger partial charge in [-0.2, -0.15) is 0 Å². The molecule has 2 heterocycles. The molecule has 1 spiro atoms. The smallest absolute Gasteiger partial charge is 0.264 e. The number of carbonyl (C=O) groups is 2. The quantitative estimate of drug-likeness (QED) is 0.230. The number of nitrogens with zero attached hydrogens (tertiary/aromatic N) is 2. The number of fused-ring (bicyclic) bond motifs is 2. The molecule has 1 N–H and O–H groups in total. The van der Waals surface area contributed by atoms with E-state index in [0.29, 0.717) is 13.0 Å². The largest absolute Gasteiger partial charge is 0.396 e. The van der Waals surface area contributed by atoms with Crippen LogP contribution in [0, 0.1) is 5.92 Å². The van der Waals surface area contributed by atoms with E-state index in [1.165, 1.54) is 0 Å². The van der Waals surface area contributed by atoms with Crippen molar-refractivity contribution in [2.45, 2.75) is 50.2 Å². The zero-order valence-electron chi connectivity index (χ0n) is 21.9. The molecule has 0 bridgehead atoms. The Balaban J connectivity index is 1.46. The van der Waals surface area contributed by atoms with Crippen LogP contribution in [0.1, 0.15) is 24.5 Å². The van der Waals surface area contributed by atoms with E-state index < -0.39 is 25.7 Å². The Labute approximate surface area is 223 Å². The number of hydrogen-bond donors (Lipinski definition) is 1. The lowest BCUT2D eigenvalue weighted by Crippen LogP contribution is -2.45. The normalized spacial score (nSPS) is 24.6. The first-order valence-electron chi connectivity index (χ1n) is 13.0. The topological polar surface area (TPSA) is 70.1 Å². The number of rotatable bonds is 8. The minimum Gasteiger partial charge on any atom is -0.396 e. The maximum absolute atomic E-state index is 15.6. The Morgan fingerprint density at radius 2 is 1.66 bits per heavy atom. The molecular formula is C30H33FN2O4Si. The van der Waals surface area contributed by atoms with Gasteiger partial charge in [-0.05, 0) is 55.4 Å². The van der Waals surface area contributed by atoms with E-state index in [2.05, 4.69) is 0 Å². The molecule has 0 radical (unpaired) electrons. The predicted octanol–water partition coefficient (Wildman–Crippen LogP) is 5.69. The number of halogens is 1. The van der Waals surface area contributed by atoms with Crippen LogP contribution < -0.4 is 9.80 Å². The van der Waals surface area contributed by atoms with E-state index >= 15 is 4.11 Å². The van der Waals surface area contributed by atoms with E-state index in [4.69, 9.17) is 4.74 Å². The van der Waals surface area contributed by atoms with Crippen LogP contribution in [0.5, 0.6) is 0 Å². The second-order valence-electron chi connectivity index (χ2n) is 10.7. The van der Waals surface area contributed by atoms with Crippen molar-refractivity contribution in [1.82, 2.24) is 0 Å². The summed E-state index contributed by atoms with van der Waals surface area (Å²) in [6.07, 6.45) is 0.551. The number of hydrogen-bond acceptors (Lipinski definition) is 4. The number of carbonyl (C=O) groups excluding carboxylic acids is 2. The molecule has 0 saturated carbocycles. The molecule has 2 amide bonds. The third-order valence-corrected chi connectivity index (χ3v) is 10.4. The number of aliphatic hydroxyl groups is 1. The summed E-state index contributed by atoms with van der Waals surface area (Å²) in [5.74, 6) is -0.573. The van der Waals surface area contributed by atoms with Crippen molar-refractivity contribution in [2.75, 3.05) is 16.4 Å². The van der Waals surface area contributed by atoms with Gasteiger partial charge in [0.05, 0.1) is 18.3 Å². The summed E-state index contributed by atoms with van der Waals surface area (Å²) in [4.78, 5) is 29.3. The fraction of sp³-hybridized carbons (Fsp3) is 0.333. The van der Waals surface area contributed by atoms with Gasteiger partial charge in [-0.1, -0.05) is 55.5 Å². The van der Waals surface area contributed by atoms with Crippen LogP contribution in [0.4, 0.5) is 21.2 Å². The van der Waals surface area contributed by atoms with Gasteiger partial charge in [0.1, 0.15) is 0 Å². The molecule has 1 fully saturated rings. The van der Waals surface area contributed by atoms with Gasteiger partial charge in [0.15, 0.2) is 5.60 Å². The monoisotopic (exact) mass is 532 g/mol. The molecule has 198 valence electrons. The lowest BCUT2D eigenvalue weighted by Gasteiger charge is -2.31. The van der Waals surface area contributed by atoms with E-state index in [-0.39, 0.29) is 18.4 Å².